The topological polar surface area (TPSA) is 57.6 Å². The summed E-state index contributed by atoms with van der Waals surface area (Å²) in [6, 6.07) is 3.49. The summed E-state index contributed by atoms with van der Waals surface area (Å²) < 4.78 is 26.4. The lowest BCUT2D eigenvalue weighted by Gasteiger charge is -2.27. The molecule has 1 aliphatic rings. The van der Waals surface area contributed by atoms with Gasteiger partial charge in [0.1, 0.15) is 0 Å². The third-order valence-corrected chi connectivity index (χ3v) is 4.49. The van der Waals surface area contributed by atoms with Gasteiger partial charge in [0, 0.05) is 19.5 Å². The van der Waals surface area contributed by atoms with Crippen molar-refractivity contribution < 1.29 is 23.5 Å². The lowest BCUT2D eigenvalue weighted by molar-refractivity contribution is -0.139. The van der Waals surface area contributed by atoms with Crippen molar-refractivity contribution >= 4 is 11.9 Å². The number of amides is 1. The Balaban J connectivity index is 2.03. The maximum Gasteiger partial charge on any atom is 0.305 e. The van der Waals surface area contributed by atoms with E-state index in [9.17, 15) is 18.4 Å². The van der Waals surface area contributed by atoms with Crippen LogP contribution in [0.25, 0.3) is 0 Å². The van der Waals surface area contributed by atoms with Gasteiger partial charge in [-0.3, -0.25) is 9.59 Å². The molecule has 4 nitrogen and oxygen atoms in total. The van der Waals surface area contributed by atoms with Gasteiger partial charge in [-0.1, -0.05) is 25.3 Å². The first-order chi connectivity index (χ1) is 11.5. The van der Waals surface area contributed by atoms with Crippen molar-refractivity contribution in [2.45, 2.75) is 51.5 Å². The van der Waals surface area contributed by atoms with Gasteiger partial charge in [-0.05, 0) is 36.5 Å². The molecular formula is C18H23F2NO3. The first-order valence-corrected chi connectivity index (χ1v) is 8.39. The summed E-state index contributed by atoms with van der Waals surface area (Å²) in [5.41, 5.74) is 0.455. The normalized spacial score (nSPS) is 15.2. The van der Waals surface area contributed by atoms with Gasteiger partial charge < -0.3 is 10.0 Å². The van der Waals surface area contributed by atoms with E-state index in [0.717, 1.165) is 37.8 Å². The molecule has 1 aromatic carbocycles. The van der Waals surface area contributed by atoms with E-state index in [4.69, 9.17) is 5.11 Å². The zero-order chi connectivity index (χ0) is 17.5. The third kappa shape index (κ3) is 5.58. The number of hydrogen-bond acceptors (Lipinski definition) is 2. The lowest BCUT2D eigenvalue weighted by Crippen LogP contribution is -2.34. The molecule has 0 aromatic heterocycles. The molecule has 6 heteroatoms. The van der Waals surface area contributed by atoms with Gasteiger partial charge in [-0.15, -0.1) is 0 Å². The van der Waals surface area contributed by atoms with E-state index >= 15 is 0 Å². The van der Waals surface area contributed by atoms with E-state index in [1.807, 2.05) is 0 Å². The summed E-state index contributed by atoms with van der Waals surface area (Å²) in [6.45, 7) is 0.163. The predicted molar refractivity (Wildman–Crippen MR) is 85.2 cm³/mol. The number of carboxylic acid groups (broad SMARTS) is 1. The molecule has 1 aliphatic carbocycles. The van der Waals surface area contributed by atoms with Crippen molar-refractivity contribution in [2.24, 2.45) is 5.92 Å². The fraction of sp³-hybridized carbons (Fsp3) is 0.556. The Morgan fingerprint density at radius 2 is 1.83 bits per heavy atom. The van der Waals surface area contributed by atoms with Crippen LogP contribution in [0.2, 0.25) is 0 Å². The summed E-state index contributed by atoms with van der Waals surface area (Å²) in [5.74, 6) is -2.68. The lowest BCUT2D eigenvalue weighted by atomic mass is 9.86. The SMILES string of the molecule is O=C(O)CCN(Cc1ccc(F)c(F)c1)C(=O)CC1CCCCC1. The quantitative estimate of drug-likeness (QED) is 0.823. The zero-order valence-corrected chi connectivity index (χ0v) is 13.6. The highest BCUT2D eigenvalue weighted by Crippen LogP contribution is 2.27. The minimum absolute atomic E-state index is 0.0693. The van der Waals surface area contributed by atoms with Crippen LogP contribution in [0.5, 0.6) is 0 Å². The molecule has 0 saturated heterocycles. The Bertz CT molecular complexity index is 586. The molecule has 132 valence electrons. The van der Waals surface area contributed by atoms with Crippen LogP contribution < -0.4 is 0 Å². The summed E-state index contributed by atoms with van der Waals surface area (Å²) in [5, 5.41) is 8.86. The van der Waals surface area contributed by atoms with Crippen molar-refractivity contribution in [3.05, 3.63) is 35.4 Å². The number of carbonyl (C=O) groups is 2. The molecule has 0 unspecified atom stereocenters. The number of carboxylic acids is 1. The summed E-state index contributed by atoms with van der Waals surface area (Å²) in [7, 11) is 0. The number of aliphatic carboxylic acids is 1. The van der Waals surface area contributed by atoms with Crippen LogP contribution in [0.4, 0.5) is 8.78 Å². The molecule has 1 aromatic rings. The minimum Gasteiger partial charge on any atom is -0.481 e. The van der Waals surface area contributed by atoms with Crippen LogP contribution in [0.3, 0.4) is 0 Å². The molecule has 2 rings (SSSR count). The maximum absolute atomic E-state index is 13.3. The molecular weight excluding hydrogens is 316 g/mol. The summed E-state index contributed by atoms with van der Waals surface area (Å²) in [4.78, 5) is 24.8. The fourth-order valence-corrected chi connectivity index (χ4v) is 3.15. The van der Waals surface area contributed by atoms with E-state index in [2.05, 4.69) is 0 Å². The molecule has 1 fully saturated rings. The molecule has 0 aliphatic heterocycles. The first kappa shape index (κ1) is 18.4. The highest BCUT2D eigenvalue weighted by Gasteiger charge is 2.22. The van der Waals surface area contributed by atoms with Gasteiger partial charge in [0.25, 0.3) is 0 Å². The Kier molecular flexibility index (Phi) is 6.70. The number of carbonyl (C=O) groups excluding carboxylic acids is 1. The van der Waals surface area contributed by atoms with Crippen LogP contribution in [0, 0.1) is 17.6 Å². The van der Waals surface area contributed by atoms with Gasteiger partial charge in [-0.2, -0.15) is 0 Å². The van der Waals surface area contributed by atoms with Gasteiger partial charge >= 0.3 is 5.97 Å². The largest absolute Gasteiger partial charge is 0.481 e. The first-order valence-electron chi connectivity index (χ1n) is 8.39. The van der Waals surface area contributed by atoms with Crippen molar-refractivity contribution in [3.8, 4) is 0 Å². The Morgan fingerprint density at radius 1 is 1.12 bits per heavy atom. The van der Waals surface area contributed by atoms with Crippen LogP contribution >= 0.6 is 0 Å². The molecule has 0 spiro atoms. The number of nitrogens with zero attached hydrogens (tertiary/aromatic N) is 1. The second-order valence-electron chi connectivity index (χ2n) is 6.42. The number of halogens is 2. The maximum atomic E-state index is 13.3. The average Bonchev–Trinajstić information content (AvgIpc) is 2.55. The van der Waals surface area contributed by atoms with Crippen molar-refractivity contribution in [1.82, 2.24) is 4.90 Å². The van der Waals surface area contributed by atoms with E-state index in [0.29, 0.717) is 17.9 Å². The van der Waals surface area contributed by atoms with Crippen LogP contribution in [-0.4, -0.2) is 28.4 Å². The molecule has 1 saturated carbocycles. The fourth-order valence-electron chi connectivity index (χ4n) is 3.15. The van der Waals surface area contributed by atoms with Crippen molar-refractivity contribution in [3.63, 3.8) is 0 Å². The van der Waals surface area contributed by atoms with Crippen molar-refractivity contribution in [2.75, 3.05) is 6.54 Å². The number of benzene rings is 1. The Labute approximate surface area is 140 Å². The van der Waals surface area contributed by atoms with Crippen LogP contribution in [0.15, 0.2) is 18.2 Å². The Hall–Kier alpha value is -1.98. The molecule has 1 N–H and O–H groups in total. The second kappa shape index (κ2) is 8.76. The van der Waals surface area contributed by atoms with E-state index < -0.39 is 17.6 Å². The smallest absolute Gasteiger partial charge is 0.305 e. The van der Waals surface area contributed by atoms with Crippen LogP contribution in [0.1, 0.15) is 50.5 Å². The molecule has 0 bridgehead atoms. The monoisotopic (exact) mass is 339 g/mol. The van der Waals surface area contributed by atoms with E-state index in [1.54, 1.807) is 0 Å². The van der Waals surface area contributed by atoms with E-state index in [-0.39, 0.29) is 25.4 Å². The summed E-state index contributed by atoms with van der Waals surface area (Å²) in [6.07, 6.45) is 5.70. The third-order valence-electron chi connectivity index (χ3n) is 4.49. The van der Waals surface area contributed by atoms with Gasteiger partial charge in [0.05, 0.1) is 6.42 Å². The molecule has 0 radical (unpaired) electrons. The van der Waals surface area contributed by atoms with Gasteiger partial charge in [0.2, 0.25) is 5.91 Å². The molecule has 1 amide bonds. The predicted octanol–water partition coefficient (Wildman–Crippen LogP) is 3.74. The number of rotatable bonds is 7. The molecule has 0 atom stereocenters. The van der Waals surface area contributed by atoms with Gasteiger partial charge in [0.15, 0.2) is 11.6 Å². The average molecular weight is 339 g/mol. The second-order valence-corrected chi connectivity index (χ2v) is 6.42. The van der Waals surface area contributed by atoms with Crippen molar-refractivity contribution in [1.29, 1.82) is 0 Å². The highest BCUT2D eigenvalue weighted by atomic mass is 19.2. The molecule has 0 heterocycles. The number of hydrogen-bond donors (Lipinski definition) is 1. The van der Waals surface area contributed by atoms with E-state index in [1.165, 1.54) is 17.4 Å². The van der Waals surface area contributed by atoms with Crippen LogP contribution in [-0.2, 0) is 16.1 Å². The summed E-state index contributed by atoms with van der Waals surface area (Å²) >= 11 is 0. The minimum atomic E-state index is -0.990. The highest BCUT2D eigenvalue weighted by molar-refractivity contribution is 5.77. The molecule has 24 heavy (non-hydrogen) atoms. The Morgan fingerprint density at radius 3 is 2.46 bits per heavy atom. The zero-order valence-electron chi connectivity index (χ0n) is 13.6. The van der Waals surface area contributed by atoms with Gasteiger partial charge in [-0.25, -0.2) is 8.78 Å². The standard InChI is InChI=1S/C18H23F2NO3/c19-15-7-6-14(10-16(15)20)12-21(9-8-18(23)24)17(22)11-13-4-2-1-3-5-13/h6-7,10,13H,1-5,8-9,11-12H2,(H,23,24).